The molecule has 28 heavy (non-hydrogen) atoms. The van der Waals surface area contributed by atoms with Crippen molar-refractivity contribution in [2.45, 2.75) is 44.2 Å². The third-order valence-electron chi connectivity index (χ3n) is 5.69. The minimum Gasteiger partial charge on any atom is -0.322 e. The second-order valence-electron chi connectivity index (χ2n) is 7.41. The number of halogens is 1. The number of fused-ring (bicyclic) bond motifs is 1. The molecule has 0 saturated heterocycles. The van der Waals surface area contributed by atoms with E-state index in [0.717, 1.165) is 36.9 Å². The van der Waals surface area contributed by atoms with E-state index in [-0.39, 0.29) is 18.5 Å². The van der Waals surface area contributed by atoms with Crippen LogP contribution in [-0.2, 0) is 9.59 Å². The van der Waals surface area contributed by atoms with Gasteiger partial charge in [-0.15, -0.1) is 0 Å². The molecule has 0 spiro atoms. The maximum atomic E-state index is 13.9. The predicted molar refractivity (Wildman–Crippen MR) is 106 cm³/mol. The van der Waals surface area contributed by atoms with E-state index < -0.39 is 17.8 Å². The van der Waals surface area contributed by atoms with Gasteiger partial charge in [0.25, 0.3) is 5.91 Å². The van der Waals surface area contributed by atoms with Crippen LogP contribution in [0.4, 0.5) is 15.8 Å². The quantitative estimate of drug-likeness (QED) is 0.881. The molecule has 0 bridgehead atoms. The van der Waals surface area contributed by atoms with Crippen molar-refractivity contribution >= 4 is 23.2 Å². The van der Waals surface area contributed by atoms with Gasteiger partial charge in [0.2, 0.25) is 5.91 Å². The summed E-state index contributed by atoms with van der Waals surface area (Å²) in [6.45, 7) is -0.258. The second kappa shape index (κ2) is 7.72. The number of hydrogen-bond acceptors (Lipinski definition) is 3. The summed E-state index contributed by atoms with van der Waals surface area (Å²) in [6, 6.07) is 12.6. The minimum atomic E-state index is -0.823. The van der Waals surface area contributed by atoms with Crippen molar-refractivity contribution in [3.8, 4) is 0 Å². The molecule has 1 aliphatic carbocycles. The van der Waals surface area contributed by atoms with Gasteiger partial charge in [0.1, 0.15) is 11.9 Å². The number of benzene rings is 2. The molecule has 1 fully saturated rings. The van der Waals surface area contributed by atoms with E-state index >= 15 is 0 Å². The Morgan fingerprint density at radius 2 is 1.86 bits per heavy atom. The standard InChI is InChI=1S/C22H24FN3O2/c23-15-7-6-10-17(13-15)26(20(27)14-24)21-18-11-4-5-12-19(18)25(22(21)28)16-8-2-1-3-9-16/h4-7,10-13,16,21H,1-3,8-9,14,24H2. The average Bonchev–Trinajstić information content (AvgIpc) is 3.01. The Hall–Kier alpha value is -2.73. The molecule has 1 aliphatic heterocycles. The van der Waals surface area contributed by atoms with E-state index in [4.69, 9.17) is 5.73 Å². The Bertz CT molecular complexity index is 895. The second-order valence-corrected chi connectivity index (χ2v) is 7.41. The molecule has 0 aromatic heterocycles. The van der Waals surface area contributed by atoms with E-state index in [2.05, 4.69) is 0 Å². The summed E-state index contributed by atoms with van der Waals surface area (Å²) < 4.78 is 13.9. The lowest BCUT2D eigenvalue weighted by Gasteiger charge is -2.33. The number of para-hydroxylation sites is 1. The van der Waals surface area contributed by atoms with Gasteiger partial charge in [-0.05, 0) is 37.1 Å². The van der Waals surface area contributed by atoms with Gasteiger partial charge in [-0.25, -0.2) is 4.39 Å². The normalized spacial score (nSPS) is 19.6. The van der Waals surface area contributed by atoms with Crippen LogP contribution in [-0.4, -0.2) is 24.4 Å². The van der Waals surface area contributed by atoms with Gasteiger partial charge in [0.05, 0.1) is 6.54 Å². The van der Waals surface area contributed by atoms with Crippen LogP contribution >= 0.6 is 0 Å². The molecule has 2 aromatic carbocycles. The molecule has 2 amide bonds. The van der Waals surface area contributed by atoms with E-state index in [0.29, 0.717) is 5.69 Å². The Kier molecular flexibility index (Phi) is 5.13. The fourth-order valence-electron chi connectivity index (χ4n) is 4.45. The van der Waals surface area contributed by atoms with Crippen molar-refractivity contribution in [1.82, 2.24) is 0 Å². The fraction of sp³-hybridized carbons (Fsp3) is 0.364. The molecular formula is C22H24FN3O2. The Morgan fingerprint density at radius 1 is 1.11 bits per heavy atom. The molecule has 4 rings (SSSR count). The highest BCUT2D eigenvalue weighted by atomic mass is 19.1. The van der Waals surface area contributed by atoms with Gasteiger partial charge in [-0.3, -0.25) is 14.5 Å². The number of carbonyl (C=O) groups is 2. The maximum absolute atomic E-state index is 13.9. The zero-order valence-electron chi connectivity index (χ0n) is 15.7. The molecule has 0 radical (unpaired) electrons. The molecule has 1 unspecified atom stereocenters. The van der Waals surface area contributed by atoms with Crippen LogP contribution in [0.3, 0.4) is 0 Å². The summed E-state index contributed by atoms with van der Waals surface area (Å²) >= 11 is 0. The molecule has 2 aliphatic rings. The SMILES string of the molecule is NCC(=O)N(c1cccc(F)c1)C1C(=O)N(C2CCCCC2)c2ccccc21. The Balaban J connectivity index is 1.80. The highest BCUT2D eigenvalue weighted by Crippen LogP contribution is 2.44. The van der Waals surface area contributed by atoms with E-state index in [1.807, 2.05) is 29.2 Å². The van der Waals surface area contributed by atoms with E-state index in [9.17, 15) is 14.0 Å². The molecule has 5 nitrogen and oxygen atoms in total. The van der Waals surface area contributed by atoms with Crippen LogP contribution in [0.2, 0.25) is 0 Å². The summed E-state index contributed by atoms with van der Waals surface area (Å²) in [5.41, 5.74) is 7.60. The topological polar surface area (TPSA) is 66.6 Å². The number of anilines is 2. The zero-order chi connectivity index (χ0) is 19.7. The van der Waals surface area contributed by atoms with Gasteiger partial charge in [-0.1, -0.05) is 43.5 Å². The predicted octanol–water partition coefficient (Wildman–Crippen LogP) is 3.54. The molecule has 146 valence electrons. The first-order chi connectivity index (χ1) is 13.6. The zero-order valence-corrected chi connectivity index (χ0v) is 15.7. The van der Waals surface area contributed by atoms with Crippen molar-refractivity contribution in [2.75, 3.05) is 16.3 Å². The van der Waals surface area contributed by atoms with Gasteiger partial charge in [0.15, 0.2) is 0 Å². The van der Waals surface area contributed by atoms with Gasteiger partial charge in [0, 0.05) is 23.0 Å². The van der Waals surface area contributed by atoms with Gasteiger partial charge >= 0.3 is 0 Å². The third kappa shape index (κ3) is 3.18. The molecule has 1 saturated carbocycles. The maximum Gasteiger partial charge on any atom is 0.255 e. The highest BCUT2D eigenvalue weighted by Gasteiger charge is 2.45. The summed E-state index contributed by atoms with van der Waals surface area (Å²) in [6.07, 6.45) is 5.28. The first-order valence-corrected chi connectivity index (χ1v) is 9.81. The molecular weight excluding hydrogens is 357 g/mol. The average molecular weight is 381 g/mol. The number of amides is 2. The van der Waals surface area contributed by atoms with Crippen molar-refractivity contribution in [3.63, 3.8) is 0 Å². The molecule has 2 N–H and O–H groups in total. The van der Waals surface area contributed by atoms with Crippen LogP contribution in [0.25, 0.3) is 0 Å². The summed E-state index contributed by atoms with van der Waals surface area (Å²) in [5.74, 6) is -1.02. The van der Waals surface area contributed by atoms with Crippen LogP contribution in [0.1, 0.15) is 43.7 Å². The van der Waals surface area contributed by atoms with Crippen molar-refractivity contribution in [1.29, 1.82) is 0 Å². The van der Waals surface area contributed by atoms with Gasteiger partial charge in [-0.2, -0.15) is 0 Å². The van der Waals surface area contributed by atoms with Gasteiger partial charge < -0.3 is 10.6 Å². The molecule has 6 heteroatoms. The van der Waals surface area contributed by atoms with Crippen LogP contribution < -0.4 is 15.5 Å². The first-order valence-electron chi connectivity index (χ1n) is 9.81. The number of nitrogens with zero attached hydrogens (tertiary/aromatic N) is 2. The number of nitrogens with two attached hydrogens (primary N) is 1. The summed E-state index contributed by atoms with van der Waals surface area (Å²) in [7, 11) is 0. The lowest BCUT2D eigenvalue weighted by molar-refractivity contribution is -0.124. The van der Waals surface area contributed by atoms with Crippen molar-refractivity contribution in [3.05, 3.63) is 59.9 Å². The number of rotatable bonds is 4. The molecule has 1 atom stereocenters. The Morgan fingerprint density at radius 3 is 2.57 bits per heavy atom. The molecule has 1 heterocycles. The van der Waals surface area contributed by atoms with Crippen LogP contribution in [0.15, 0.2) is 48.5 Å². The van der Waals surface area contributed by atoms with Crippen LogP contribution in [0.5, 0.6) is 0 Å². The van der Waals surface area contributed by atoms with E-state index in [1.54, 1.807) is 6.07 Å². The minimum absolute atomic E-state index is 0.134. The first kappa shape index (κ1) is 18.6. The Labute approximate surface area is 163 Å². The lowest BCUT2D eigenvalue weighted by atomic mass is 9.94. The third-order valence-corrected chi connectivity index (χ3v) is 5.69. The summed E-state index contributed by atoms with van der Waals surface area (Å²) in [5, 5.41) is 0. The number of hydrogen-bond donors (Lipinski definition) is 1. The largest absolute Gasteiger partial charge is 0.322 e. The van der Waals surface area contributed by atoms with Crippen molar-refractivity contribution in [2.24, 2.45) is 5.73 Å². The van der Waals surface area contributed by atoms with E-state index in [1.165, 1.54) is 29.5 Å². The number of carbonyl (C=O) groups excluding carboxylic acids is 2. The van der Waals surface area contributed by atoms with Crippen molar-refractivity contribution < 1.29 is 14.0 Å². The smallest absolute Gasteiger partial charge is 0.255 e. The highest BCUT2D eigenvalue weighted by molar-refractivity contribution is 6.12. The lowest BCUT2D eigenvalue weighted by Crippen LogP contribution is -2.46. The van der Waals surface area contributed by atoms with Crippen LogP contribution in [0, 0.1) is 5.82 Å². The fourth-order valence-corrected chi connectivity index (χ4v) is 4.45. The summed E-state index contributed by atoms with van der Waals surface area (Å²) in [4.78, 5) is 29.5. The molecule has 2 aromatic rings. The monoisotopic (exact) mass is 381 g/mol.